The van der Waals surface area contributed by atoms with Crippen molar-refractivity contribution in [3.63, 3.8) is 0 Å². The van der Waals surface area contributed by atoms with Crippen molar-refractivity contribution in [2.45, 2.75) is 39.3 Å². The van der Waals surface area contributed by atoms with Crippen LogP contribution in [0.15, 0.2) is 66.7 Å². The summed E-state index contributed by atoms with van der Waals surface area (Å²) < 4.78 is 0. The minimum atomic E-state index is -0.106. The fourth-order valence-electron chi connectivity index (χ4n) is 4.39. The van der Waals surface area contributed by atoms with E-state index in [1.165, 1.54) is 6.92 Å². The number of hydrogen-bond acceptors (Lipinski definition) is 3. The van der Waals surface area contributed by atoms with Crippen LogP contribution in [0, 0.1) is 0 Å². The highest BCUT2D eigenvalue weighted by molar-refractivity contribution is 6.30. The molecular formula is C26H26ClN3O2. The van der Waals surface area contributed by atoms with Crippen molar-refractivity contribution in [1.82, 2.24) is 0 Å². The van der Waals surface area contributed by atoms with Crippen LogP contribution in [0.25, 0.3) is 11.1 Å². The Morgan fingerprint density at radius 1 is 0.938 bits per heavy atom. The van der Waals surface area contributed by atoms with Crippen LogP contribution in [-0.2, 0) is 9.59 Å². The molecule has 3 aromatic rings. The van der Waals surface area contributed by atoms with Gasteiger partial charge >= 0.3 is 0 Å². The number of nitrogens with zero attached hydrogens (tertiary/aromatic N) is 1. The molecule has 164 valence electrons. The second kappa shape index (κ2) is 9.05. The van der Waals surface area contributed by atoms with Crippen LogP contribution in [-0.4, -0.2) is 17.9 Å². The number of amides is 2. The van der Waals surface area contributed by atoms with Gasteiger partial charge in [0.25, 0.3) is 0 Å². The molecule has 0 bridgehead atoms. The van der Waals surface area contributed by atoms with Crippen LogP contribution >= 0.6 is 11.6 Å². The molecule has 4 rings (SSSR count). The molecule has 1 heterocycles. The van der Waals surface area contributed by atoms with Gasteiger partial charge in [-0.25, -0.2) is 0 Å². The highest BCUT2D eigenvalue weighted by Gasteiger charge is 2.32. The predicted octanol–water partition coefficient (Wildman–Crippen LogP) is 6.26. The molecule has 0 radical (unpaired) electrons. The van der Waals surface area contributed by atoms with Crippen LogP contribution in [0.3, 0.4) is 0 Å². The fraction of sp³-hybridized carbons (Fsp3) is 0.231. The summed E-state index contributed by atoms with van der Waals surface area (Å²) in [6.45, 7) is 5.18. The zero-order valence-electron chi connectivity index (χ0n) is 18.4. The molecule has 1 aliphatic rings. The van der Waals surface area contributed by atoms with Crippen LogP contribution in [0.2, 0.25) is 5.02 Å². The largest absolute Gasteiger partial charge is 0.378 e. The third-order valence-electron chi connectivity index (χ3n) is 5.72. The predicted molar refractivity (Wildman–Crippen MR) is 131 cm³/mol. The molecule has 0 unspecified atom stereocenters. The first kappa shape index (κ1) is 21.9. The fourth-order valence-corrected chi connectivity index (χ4v) is 4.51. The number of fused-ring (bicyclic) bond motifs is 1. The Hall–Kier alpha value is -3.31. The standard InChI is InChI=1S/C26H26ClN3O2/c1-16-13-25(29-22-10-8-21(27)9-11-22)24-15-20(7-12-26(24)30(16)18(3)32)19-5-4-6-23(14-19)28-17(2)31/h4-12,14-16,25,29H,13H2,1-3H3,(H,28,31)/t16-,25+/m0/s1. The second-order valence-corrected chi connectivity index (χ2v) is 8.65. The van der Waals surface area contributed by atoms with Crippen molar-refractivity contribution in [1.29, 1.82) is 0 Å². The van der Waals surface area contributed by atoms with Crippen LogP contribution in [0.4, 0.5) is 17.1 Å². The Bertz CT molecular complexity index is 1160. The van der Waals surface area contributed by atoms with E-state index in [2.05, 4.69) is 23.6 Å². The Balaban J connectivity index is 1.75. The molecule has 0 fully saturated rings. The minimum Gasteiger partial charge on any atom is -0.378 e. The lowest BCUT2D eigenvalue weighted by Gasteiger charge is -2.39. The molecule has 5 nitrogen and oxygen atoms in total. The zero-order chi connectivity index (χ0) is 22.8. The van der Waals surface area contributed by atoms with Crippen molar-refractivity contribution in [3.8, 4) is 11.1 Å². The molecule has 0 saturated heterocycles. The maximum absolute atomic E-state index is 12.4. The molecule has 2 atom stereocenters. The smallest absolute Gasteiger partial charge is 0.224 e. The first-order chi connectivity index (χ1) is 15.3. The average Bonchev–Trinajstić information content (AvgIpc) is 2.74. The topological polar surface area (TPSA) is 61.4 Å². The number of hydrogen-bond donors (Lipinski definition) is 2. The van der Waals surface area contributed by atoms with Crippen LogP contribution in [0.5, 0.6) is 0 Å². The summed E-state index contributed by atoms with van der Waals surface area (Å²) >= 11 is 6.05. The van der Waals surface area contributed by atoms with Crippen molar-refractivity contribution >= 4 is 40.5 Å². The number of halogens is 1. The first-order valence-corrected chi connectivity index (χ1v) is 11.0. The van der Waals surface area contributed by atoms with Crippen molar-refractivity contribution in [2.24, 2.45) is 0 Å². The first-order valence-electron chi connectivity index (χ1n) is 10.7. The normalized spacial score (nSPS) is 17.4. The van der Waals surface area contributed by atoms with Crippen molar-refractivity contribution < 1.29 is 9.59 Å². The number of carbonyl (C=O) groups is 2. The maximum Gasteiger partial charge on any atom is 0.224 e. The maximum atomic E-state index is 12.4. The van der Waals surface area contributed by atoms with Gasteiger partial charge in [-0.05, 0) is 78.6 Å². The summed E-state index contributed by atoms with van der Waals surface area (Å²) in [5, 5.41) is 7.14. The second-order valence-electron chi connectivity index (χ2n) is 8.21. The van der Waals surface area contributed by atoms with Gasteiger partial charge in [0.1, 0.15) is 0 Å². The van der Waals surface area contributed by atoms with E-state index in [0.717, 1.165) is 40.2 Å². The molecule has 6 heteroatoms. The molecule has 2 amide bonds. The summed E-state index contributed by atoms with van der Waals surface area (Å²) in [7, 11) is 0. The van der Waals surface area contributed by atoms with Gasteiger partial charge in [0, 0.05) is 42.0 Å². The Morgan fingerprint density at radius 2 is 1.66 bits per heavy atom. The molecule has 0 saturated carbocycles. The lowest BCUT2D eigenvalue weighted by Crippen LogP contribution is -2.43. The molecular weight excluding hydrogens is 422 g/mol. The number of rotatable bonds is 4. The van der Waals surface area contributed by atoms with E-state index in [0.29, 0.717) is 5.02 Å². The van der Waals surface area contributed by atoms with Gasteiger partial charge in [0.2, 0.25) is 11.8 Å². The highest BCUT2D eigenvalue weighted by Crippen LogP contribution is 2.41. The van der Waals surface area contributed by atoms with E-state index in [1.807, 2.05) is 65.6 Å². The third kappa shape index (κ3) is 4.63. The summed E-state index contributed by atoms with van der Waals surface area (Å²) in [6, 6.07) is 21.7. The zero-order valence-corrected chi connectivity index (χ0v) is 19.1. The summed E-state index contributed by atoms with van der Waals surface area (Å²) in [6.07, 6.45) is 0.782. The Labute approximate surface area is 193 Å². The minimum absolute atomic E-state index is 0.0316. The number of nitrogens with one attached hydrogen (secondary N) is 2. The van der Waals surface area contributed by atoms with Crippen molar-refractivity contribution in [3.05, 3.63) is 77.3 Å². The summed E-state index contributed by atoms with van der Waals surface area (Å²) in [5.41, 5.74) is 5.74. The molecule has 1 aliphatic heterocycles. The lowest BCUT2D eigenvalue weighted by molar-refractivity contribution is -0.117. The summed E-state index contributed by atoms with van der Waals surface area (Å²) in [4.78, 5) is 25.8. The van der Waals surface area contributed by atoms with Crippen LogP contribution in [0.1, 0.15) is 38.8 Å². The van der Waals surface area contributed by atoms with Gasteiger partial charge in [0.05, 0.1) is 6.04 Å². The van der Waals surface area contributed by atoms with E-state index in [4.69, 9.17) is 11.6 Å². The van der Waals surface area contributed by atoms with Gasteiger partial charge in [-0.1, -0.05) is 29.8 Å². The van der Waals surface area contributed by atoms with E-state index in [9.17, 15) is 9.59 Å². The van der Waals surface area contributed by atoms with Gasteiger partial charge in [0.15, 0.2) is 0 Å². The number of carbonyl (C=O) groups excluding carboxylic acids is 2. The van der Waals surface area contributed by atoms with Gasteiger partial charge in [-0.2, -0.15) is 0 Å². The van der Waals surface area contributed by atoms with E-state index < -0.39 is 0 Å². The molecule has 2 N–H and O–H groups in total. The quantitative estimate of drug-likeness (QED) is 0.496. The van der Waals surface area contributed by atoms with Crippen molar-refractivity contribution in [2.75, 3.05) is 15.5 Å². The van der Waals surface area contributed by atoms with Gasteiger partial charge in [-0.15, -0.1) is 0 Å². The molecule has 0 aliphatic carbocycles. The average molecular weight is 448 g/mol. The summed E-state index contributed by atoms with van der Waals surface area (Å²) in [5.74, 6) is -0.0741. The number of anilines is 3. The highest BCUT2D eigenvalue weighted by atomic mass is 35.5. The van der Waals surface area contributed by atoms with E-state index >= 15 is 0 Å². The van der Waals surface area contributed by atoms with E-state index in [1.54, 1.807) is 6.92 Å². The van der Waals surface area contributed by atoms with Gasteiger partial charge < -0.3 is 15.5 Å². The van der Waals surface area contributed by atoms with Gasteiger partial charge in [-0.3, -0.25) is 9.59 Å². The van der Waals surface area contributed by atoms with E-state index in [-0.39, 0.29) is 23.9 Å². The molecule has 0 spiro atoms. The molecule has 0 aromatic heterocycles. The SMILES string of the molecule is CC(=O)Nc1cccc(-c2ccc3c(c2)[C@H](Nc2ccc(Cl)cc2)C[C@H](C)N3C(C)=O)c1. The van der Waals surface area contributed by atoms with Crippen LogP contribution < -0.4 is 15.5 Å². The third-order valence-corrected chi connectivity index (χ3v) is 5.97. The lowest BCUT2D eigenvalue weighted by atomic mass is 9.89. The monoisotopic (exact) mass is 447 g/mol. The Kier molecular flexibility index (Phi) is 6.19. The molecule has 3 aromatic carbocycles. The number of benzene rings is 3. The molecule has 32 heavy (non-hydrogen) atoms. The Morgan fingerprint density at radius 3 is 2.34 bits per heavy atom.